The van der Waals surface area contributed by atoms with Crippen molar-refractivity contribution >= 4 is 44.9 Å². The van der Waals surface area contributed by atoms with Crippen molar-refractivity contribution < 1.29 is 32.3 Å². The number of amides is 3. The fourth-order valence-electron chi connectivity index (χ4n) is 6.78. The molecule has 47 heavy (non-hydrogen) atoms. The Kier molecular flexibility index (Phi) is 9.40. The maximum Gasteiger partial charge on any atom is 0.303 e. The molecule has 3 aromatic rings. The number of nitrogens with zero attached hydrogens (tertiary/aromatic N) is 3. The third-order valence-electron chi connectivity index (χ3n) is 9.31. The van der Waals surface area contributed by atoms with Gasteiger partial charge in [0.2, 0.25) is 11.8 Å². The second kappa shape index (κ2) is 13.5. The van der Waals surface area contributed by atoms with Gasteiger partial charge < -0.3 is 24.3 Å². The van der Waals surface area contributed by atoms with Gasteiger partial charge in [0.1, 0.15) is 5.75 Å². The van der Waals surface area contributed by atoms with Gasteiger partial charge in [-0.3, -0.25) is 14.4 Å². The number of rotatable bonds is 8. The van der Waals surface area contributed by atoms with Gasteiger partial charge in [0.05, 0.1) is 39.1 Å². The summed E-state index contributed by atoms with van der Waals surface area (Å²) < 4.78 is 41.0. The molecule has 3 aliphatic rings. The van der Waals surface area contributed by atoms with E-state index < -0.39 is 16.1 Å². The van der Waals surface area contributed by atoms with E-state index >= 15 is 0 Å². The molecule has 0 bridgehead atoms. The van der Waals surface area contributed by atoms with E-state index in [0.29, 0.717) is 37.6 Å². The number of morpholine rings is 1. The second-order valence-corrected chi connectivity index (χ2v) is 14.3. The van der Waals surface area contributed by atoms with E-state index in [9.17, 15) is 22.8 Å². The molecule has 250 valence electrons. The first kappa shape index (κ1) is 32.7. The standard InChI is InChI=1S/C34H41N5O7S/c1-37(2)47(43,44)36-34(42)23-9-11-28-29(19-23)39-21-25(33(41)35-20-30(40)38-13-15-46-16-14-38)17-24-18-26(45-3)10-12-27(24)32(39)31(28)22-7-5-4-6-8-22/h9-12,17-19,22H,4-8,13-16,20-21H2,1-3H3,(H,35,41)(H,36,42). The van der Waals surface area contributed by atoms with Crippen LogP contribution in [0.25, 0.3) is 28.2 Å². The van der Waals surface area contributed by atoms with Crippen molar-refractivity contribution in [3.8, 4) is 17.0 Å². The summed E-state index contributed by atoms with van der Waals surface area (Å²) in [7, 11) is 0.289. The van der Waals surface area contributed by atoms with Crippen LogP contribution < -0.4 is 14.8 Å². The molecule has 1 saturated heterocycles. The highest BCUT2D eigenvalue weighted by Crippen LogP contribution is 2.47. The summed E-state index contributed by atoms with van der Waals surface area (Å²) in [4.78, 5) is 41.6. The average molecular weight is 664 g/mol. The fourth-order valence-corrected chi connectivity index (χ4v) is 7.32. The number of methoxy groups -OCH3 is 1. The molecular weight excluding hydrogens is 622 g/mol. The van der Waals surface area contributed by atoms with Gasteiger partial charge in [0, 0.05) is 54.8 Å². The van der Waals surface area contributed by atoms with Crippen molar-refractivity contribution in [3.63, 3.8) is 0 Å². The van der Waals surface area contributed by atoms with E-state index in [1.807, 2.05) is 30.3 Å². The third-order valence-corrected chi connectivity index (χ3v) is 10.7. The van der Waals surface area contributed by atoms with Crippen LogP contribution in [0, 0.1) is 0 Å². The molecule has 12 nitrogen and oxygen atoms in total. The lowest BCUT2D eigenvalue weighted by Crippen LogP contribution is -2.45. The van der Waals surface area contributed by atoms with Crippen LogP contribution in [0.1, 0.15) is 59.5 Å². The van der Waals surface area contributed by atoms with Crippen molar-refractivity contribution in [2.45, 2.75) is 44.6 Å². The van der Waals surface area contributed by atoms with E-state index in [2.05, 4.69) is 14.6 Å². The van der Waals surface area contributed by atoms with Gasteiger partial charge in [-0.15, -0.1) is 0 Å². The van der Waals surface area contributed by atoms with Crippen molar-refractivity contribution in [2.24, 2.45) is 0 Å². The Hall–Kier alpha value is -4.20. The monoisotopic (exact) mass is 663 g/mol. The number of ether oxygens (including phenoxy) is 2. The first-order valence-corrected chi connectivity index (χ1v) is 17.4. The normalized spacial score (nSPS) is 17.0. The number of fused-ring (bicyclic) bond motifs is 5. The van der Waals surface area contributed by atoms with Crippen LogP contribution in [0.4, 0.5) is 0 Å². The Labute approximate surface area is 274 Å². The molecule has 0 atom stereocenters. The van der Waals surface area contributed by atoms with Crippen molar-refractivity contribution in [2.75, 3.05) is 54.1 Å². The molecule has 1 aromatic heterocycles. The van der Waals surface area contributed by atoms with E-state index in [1.54, 1.807) is 24.1 Å². The minimum absolute atomic E-state index is 0.140. The lowest BCUT2D eigenvalue weighted by molar-refractivity contribution is -0.135. The van der Waals surface area contributed by atoms with E-state index in [-0.39, 0.29) is 36.4 Å². The number of carbonyl (C=O) groups excluding carboxylic acids is 3. The summed E-state index contributed by atoms with van der Waals surface area (Å²) in [5, 5.41) is 3.80. The van der Waals surface area contributed by atoms with Crippen LogP contribution in [0.15, 0.2) is 42.0 Å². The van der Waals surface area contributed by atoms with Crippen LogP contribution in [-0.4, -0.2) is 94.0 Å². The van der Waals surface area contributed by atoms with Gasteiger partial charge in [0.15, 0.2) is 0 Å². The molecule has 3 amide bonds. The molecule has 13 heteroatoms. The minimum Gasteiger partial charge on any atom is -0.497 e. The smallest absolute Gasteiger partial charge is 0.303 e. The minimum atomic E-state index is -4.01. The van der Waals surface area contributed by atoms with E-state index in [4.69, 9.17) is 9.47 Å². The van der Waals surface area contributed by atoms with Gasteiger partial charge in [-0.25, -0.2) is 4.72 Å². The van der Waals surface area contributed by atoms with Crippen LogP contribution in [0.3, 0.4) is 0 Å². The summed E-state index contributed by atoms with van der Waals surface area (Å²) in [6, 6.07) is 11.1. The lowest BCUT2D eigenvalue weighted by Gasteiger charge is -2.27. The topological polar surface area (TPSA) is 139 Å². The molecule has 6 rings (SSSR count). The number of carbonyl (C=O) groups is 3. The Bertz CT molecular complexity index is 1850. The molecule has 2 aliphatic heterocycles. The van der Waals surface area contributed by atoms with Gasteiger partial charge in [-0.1, -0.05) is 25.3 Å². The van der Waals surface area contributed by atoms with Gasteiger partial charge in [-0.05, 0) is 66.3 Å². The zero-order valence-electron chi connectivity index (χ0n) is 27.0. The molecule has 2 aromatic carbocycles. The molecule has 3 heterocycles. The molecule has 1 saturated carbocycles. The highest BCUT2D eigenvalue weighted by atomic mass is 32.2. The maximum atomic E-state index is 13.8. The third kappa shape index (κ3) is 6.65. The largest absolute Gasteiger partial charge is 0.497 e. The summed E-state index contributed by atoms with van der Waals surface area (Å²) in [6.45, 7) is 1.94. The first-order valence-electron chi connectivity index (χ1n) is 16.0. The van der Waals surface area contributed by atoms with Crippen molar-refractivity contribution in [3.05, 3.63) is 58.7 Å². The summed E-state index contributed by atoms with van der Waals surface area (Å²) >= 11 is 0. The lowest BCUT2D eigenvalue weighted by atomic mass is 9.81. The van der Waals surface area contributed by atoms with Crippen LogP contribution in [0.5, 0.6) is 5.75 Å². The van der Waals surface area contributed by atoms with E-state index in [0.717, 1.165) is 63.3 Å². The molecule has 2 N–H and O–H groups in total. The second-order valence-electron chi connectivity index (χ2n) is 12.4. The van der Waals surface area contributed by atoms with Gasteiger partial charge >= 0.3 is 10.2 Å². The Morgan fingerprint density at radius 1 is 1.00 bits per heavy atom. The summed E-state index contributed by atoms with van der Waals surface area (Å²) in [5.74, 6) is -0.377. The number of hydrogen-bond acceptors (Lipinski definition) is 7. The van der Waals surface area contributed by atoms with Crippen LogP contribution >= 0.6 is 0 Å². The van der Waals surface area contributed by atoms with Crippen molar-refractivity contribution in [1.29, 1.82) is 0 Å². The highest BCUT2D eigenvalue weighted by Gasteiger charge is 2.31. The SMILES string of the molecule is COc1ccc2c(c1)C=C(C(=O)NCC(=O)N1CCOCC1)Cn1c-2c(C2CCCCC2)c2ccc(C(=O)NS(=O)(=O)N(C)C)cc21. The molecule has 0 unspecified atom stereocenters. The maximum absolute atomic E-state index is 13.8. The quantitative estimate of drug-likeness (QED) is 0.377. The number of aromatic nitrogens is 1. The molecule has 0 spiro atoms. The Morgan fingerprint density at radius 2 is 1.74 bits per heavy atom. The van der Waals surface area contributed by atoms with Crippen LogP contribution in [-0.2, 0) is 31.1 Å². The number of hydrogen-bond donors (Lipinski definition) is 2. The fraction of sp³-hybridized carbons (Fsp3) is 0.441. The Morgan fingerprint density at radius 3 is 2.45 bits per heavy atom. The number of nitrogens with one attached hydrogen (secondary N) is 2. The first-order chi connectivity index (χ1) is 22.6. The Balaban J connectivity index is 1.46. The summed E-state index contributed by atoms with van der Waals surface area (Å²) in [5.41, 5.74) is 5.21. The van der Waals surface area contributed by atoms with Crippen molar-refractivity contribution in [1.82, 2.24) is 23.8 Å². The molecule has 2 fully saturated rings. The predicted molar refractivity (Wildman–Crippen MR) is 178 cm³/mol. The van der Waals surface area contributed by atoms with Crippen LogP contribution in [0.2, 0.25) is 0 Å². The zero-order chi connectivity index (χ0) is 33.3. The summed E-state index contributed by atoms with van der Waals surface area (Å²) in [6.07, 6.45) is 7.28. The predicted octanol–water partition coefficient (Wildman–Crippen LogP) is 3.27. The highest BCUT2D eigenvalue weighted by molar-refractivity contribution is 7.87. The number of benzene rings is 2. The zero-order valence-corrected chi connectivity index (χ0v) is 27.8. The molecule has 0 radical (unpaired) electrons. The molecular formula is C34H41N5O7S. The molecule has 1 aliphatic carbocycles. The van der Waals surface area contributed by atoms with Gasteiger partial charge in [-0.2, -0.15) is 12.7 Å². The average Bonchev–Trinajstić information content (AvgIpc) is 3.29. The van der Waals surface area contributed by atoms with E-state index in [1.165, 1.54) is 20.5 Å². The van der Waals surface area contributed by atoms with Gasteiger partial charge in [0.25, 0.3) is 5.91 Å².